The van der Waals surface area contributed by atoms with E-state index in [0.29, 0.717) is 10.2 Å². The molecule has 0 spiro atoms. The zero-order chi connectivity index (χ0) is 22.1. The Morgan fingerprint density at radius 2 is 1.81 bits per heavy atom. The number of aryl methyl sites for hydroxylation is 2. The van der Waals surface area contributed by atoms with Crippen LogP contribution < -0.4 is 10.9 Å². The summed E-state index contributed by atoms with van der Waals surface area (Å²) in [5.41, 5.74) is 4.69. The van der Waals surface area contributed by atoms with Crippen molar-refractivity contribution in [2.24, 2.45) is 0 Å². The average molecular weight is 432 g/mol. The number of nitrogens with one attached hydrogen (secondary N) is 1. The number of para-hydroxylation sites is 1. The van der Waals surface area contributed by atoms with Gasteiger partial charge < -0.3 is 5.32 Å². The Kier molecular flexibility index (Phi) is 5.74. The third-order valence-electron chi connectivity index (χ3n) is 5.37. The van der Waals surface area contributed by atoms with Crippen molar-refractivity contribution < 1.29 is 4.79 Å². The number of carbonyl (C=O) groups excluding carboxylic acids is 1. The van der Waals surface area contributed by atoms with Gasteiger partial charge in [-0.3, -0.25) is 14.2 Å². The Morgan fingerprint density at radius 1 is 1.10 bits per heavy atom. The number of aromatic nitrogens is 2. The fraction of sp³-hybridized carbons (Fsp3) is 0.240. The Bertz CT molecular complexity index is 1320. The van der Waals surface area contributed by atoms with Gasteiger partial charge in [-0.25, -0.2) is 4.98 Å². The maximum atomic E-state index is 13.3. The van der Waals surface area contributed by atoms with Crippen molar-refractivity contribution in [3.8, 4) is 11.1 Å². The minimum absolute atomic E-state index is 0.0869. The highest BCUT2D eigenvalue weighted by Crippen LogP contribution is 2.35. The highest BCUT2D eigenvalue weighted by atomic mass is 32.1. The lowest BCUT2D eigenvalue weighted by molar-refractivity contribution is -0.116. The van der Waals surface area contributed by atoms with Gasteiger partial charge in [0.1, 0.15) is 11.4 Å². The summed E-state index contributed by atoms with van der Waals surface area (Å²) in [6, 6.07) is 15.9. The van der Waals surface area contributed by atoms with Gasteiger partial charge in [0.15, 0.2) is 0 Å². The summed E-state index contributed by atoms with van der Waals surface area (Å²) in [4.78, 5) is 32.3. The predicted molar refractivity (Wildman–Crippen MR) is 128 cm³/mol. The van der Waals surface area contributed by atoms with Crippen molar-refractivity contribution in [2.75, 3.05) is 5.32 Å². The van der Waals surface area contributed by atoms with Crippen LogP contribution in [0.3, 0.4) is 0 Å². The Hall–Kier alpha value is -3.25. The van der Waals surface area contributed by atoms with Gasteiger partial charge in [0, 0.05) is 16.1 Å². The summed E-state index contributed by atoms with van der Waals surface area (Å²) < 4.78 is 1.39. The number of anilines is 1. The first-order valence-corrected chi connectivity index (χ1v) is 11.1. The van der Waals surface area contributed by atoms with E-state index in [1.54, 1.807) is 0 Å². The zero-order valence-corrected chi connectivity index (χ0v) is 18.9. The quantitative estimate of drug-likeness (QED) is 0.453. The zero-order valence-electron chi connectivity index (χ0n) is 18.1. The van der Waals surface area contributed by atoms with E-state index in [2.05, 4.69) is 24.1 Å². The Morgan fingerprint density at radius 3 is 2.52 bits per heavy atom. The number of nitrogens with zero attached hydrogens (tertiary/aromatic N) is 2. The van der Waals surface area contributed by atoms with Crippen molar-refractivity contribution >= 4 is 33.1 Å². The monoisotopic (exact) mass is 431 g/mol. The average Bonchev–Trinajstić information content (AvgIpc) is 3.07. The van der Waals surface area contributed by atoms with Crippen molar-refractivity contribution in [3.05, 3.63) is 81.2 Å². The fourth-order valence-electron chi connectivity index (χ4n) is 3.78. The molecule has 1 N–H and O–H groups in total. The molecular formula is C25H25N3O2S. The molecule has 2 heterocycles. The van der Waals surface area contributed by atoms with Crippen LogP contribution in [0.1, 0.15) is 35.8 Å². The minimum atomic E-state index is -0.250. The first-order valence-electron chi connectivity index (χ1n) is 10.3. The SMILES string of the molecule is Cc1ccc(-c2c(C)sc3ncn(CC(=O)Nc4ccccc4C(C)C)c(=O)c23)cc1. The third-order valence-corrected chi connectivity index (χ3v) is 6.38. The number of rotatable bonds is 5. The second kappa shape index (κ2) is 8.47. The predicted octanol–water partition coefficient (Wildman–Crippen LogP) is 5.50. The molecule has 2 aromatic heterocycles. The van der Waals surface area contributed by atoms with Crippen molar-refractivity contribution in [1.29, 1.82) is 0 Å². The van der Waals surface area contributed by atoms with Crippen LogP contribution in [-0.2, 0) is 11.3 Å². The molecule has 0 aliphatic rings. The van der Waals surface area contributed by atoms with Crippen LogP contribution in [0, 0.1) is 13.8 Å². The van der Waals surface area contributed by atoms with Crippen molar-refractivity contribution in [2.45, 2.75) is 40.2 Å². The van der Waals surface area contributed by atoms with E-state index < -0.39 is 0 Å². The summed E-state index contributed by atoms with van der Waals surface area (Å²) in [6.07, 6.45) is 1.47. The maximum absolute atomic E-state index is 13.3. The molecule has 5 nitrogen and oxygen atoms in total. The molecule has 6 heteroatoms. The molecule has 0 atom stereocenters. The molecule has 2 aromatic carbocycles. The summed E-state index contributed by atoms with van der Waals surface area (Å²) in [5, 5.41) is 3.52. The standard InChI is InChI=1S/C25H25N3O2S/c1-15(2)19-7-5-6-8-20(19)27-21(29)13-28-14-26-24-23(25(28)30)22(17(4)31-24)18-11-9-16(3)10-12-18/h5-12,14-15H,13H2,1-4H3,(H,27,29). The lowest BCUT2D eigenvalue weighted by Gasteiger charge is -2.14. The van der Waals surface area contributed by atoms with E-state index in [0.717, 1.165) is 32.8 Å². The topological polar surface area (TPSA) is 64.0 Å². The van der Waals surface area contributed by atoms with Gasteiger partial charge in [-0.1, -0.05) is 61.9 Å². The molecule has 0 saturated heterocycles. The van der Waals surface area contributed by atoms with E-state index in [9.17, 15) is 9.59 Å². The number of hydrogen-bond acceptors (Lipinski definition) is 4. The highest BCUT2D eigenvalue weighted by molar-refractivity contribution is 7.19. The second-order valence-corrected chi connectivity index (χ2v) is 9.25. The number of benzene rings is 2. The van der Waals surface area contributed by atoms with Gasteiger partial charge in [-0.15, -0.1) is 11.3 Å². The number of hydrogen-bond donors (Lipinski definition) is 1. The number of fused-ring (bicyclic) bond motifs is 1. The van der Waals surface area contributed by atoms with Gasteiger partial charge in [0.05, 0.1) is 11.7 Å². The van der Waals surface area contributed by atoms with Gasteiger partial charge in [0.25, 0.3) is 5.56 Å². The Labute approximate surface area is 185 Å². The summed E-state index contributed by atoms with van der Waals surface area (Å²) in [5.74, 6) is 0.0308. The third kappa shape index (κ3) is 4.16. The molecule has 0 radical (unpaired) electrons. The van der Waals surface area contributed by atoms with Gasteiger partial charge in [-0.2, -0.15) is 0 Å². The van der Waals surface area contributed by atoms with Gasteiger partial charge >= 0.3 is 0 Å². The molecule has 0 aliphatic heterocycles. The number of thiophene rings is 1. The number of amides is 1. The highest BCUT2D eigenvalue weighted by Gasteiger charge is 2.18. The normalized spacial score (nSPS) is 11.3. The van der Waals surface area contributed by atoms with E-state index in [4.69, 9.17) is 0 Å². The summed E-state index contributed by atoms with van der Waals surface area (Å²) in [6.45, 7) is 8.11. The van der Waals surface area contributed by atoms with Crippen LogP contribution in [0.5, 0.6) is 0 Å². The summed E-state index contributed by atoms with van der Waals surface area (Å²) in [7, 11) is 0. The van der Waals surface area contributed by atoms with Crippen LogP contribution in [0.15, 0.2) is 59.7 Å². The molecule has 0 saturated carbocycles. The maximum Gasteiger partial charge on any atom is 0.263 e. The molecule has 0 bridgehead atoms. The molecule has 31 heavy (non-hydrogen) atoms. The molecule has 0 fully saturated rings. The van der Waals surface area contributed by atoms with Crippen LogP contribution >= 0.6 is 11.3 Å². The molecular weight excluding hydrogens is 406 g/mol. The van der Waals surface area contributed by atoms with Gasteiger partial charge in [0.2, 0.25) is 5.91 Å². The molecule has 1 amide bonds. The largest absolute Gasteiger partial charge is 0.324 e. The van der Waals surface area contributed by atoms with Gasteiger partial charge in [-0.05, 0) is 37.0 Å². The molecule has 4 rings (SSSR count). The molecule has 158 valence electrons. The summed E-state index contributed by atoms with van der Waals surface area (Å²) >= 11 is 1.50. The molecule has 0 unspecified atom stereocenters. The van der Waals surface area contributed by atoms with Crippen LogP contribution in [0.25, 0.3) is 21.3 Å². The van der Waals surface area contributed by atoms with Crippen molar-refractivity contribution in [1.82, 2.24) is 9.55 Å². The van der Waals surface area contributed by atoms with E-state index in [-0.39, 0.29) is 23.9 Å². The van der Waals surface area contributed by atoms with E-state index >= 15 is 0 Å². The minimum Gasteiger partial charge on any atom is -0.324 e. The van der Waals surface area contributed by atoms with Crippen LogP contribution in [0.4, 0.5) is 5.69 Å². The van der Waals surface area contributed by atoms with Crippen molar-refractivity contribution in [3.63, 3.8) is 0 Å². The lowest BCUT2D eigenvalue weighted by atomic mass is 10.0. The van der Waals surface area contributed by atoms with E-state index in [1.165, 1.54) is 22.2 Å². The Balaban J connectivity index is 1.69. The first kappa shape index (κ1) is 21.0. The van der Waals surface area contributed by atoms with Crippen LogP contribution in [0.2, 0.25) is 0 Å². The number of carbonyl (C=O) groups is 1. The van der Waals surface area contributed by atoms with E-state index in [1.807, 2.05) is 62.4 Å². The second-order valence-electron chi connectivity index (χ2n) is 8.05. The van der Waals surface area contributed by atoms with Crippen LogP contribution in [-0.4, -0.2) is 15.5 Å². The lowest BCUT2D eigenvalue weighted by Crippen LogP contribution is -2.28. The fourth-order valence-corrected chi connectivity index (χ4v) is 4.78. The first-order chi connectivity index (χ1) is 14.8. The molecule has 0 aliphatic carbocycles. The molecule has 4 aromatic rings. The smallest absolute Gasteiger partial charge is 0.263 e.